The number of carbonyl (C=O) groups is 1. The highest BCUT2D eigenvalue weighted by atomic mass is 16.6. The summed E-state index contributed by atoms with van der Waals surface area (Å²) in [7, 11) is 0. The molecule has 1 aliphatic carbocycles. The van der Waals surface area contributed by atoms with Crippen LogP contribution in [0.2, 0.25) is 0 Å². The van der Waals surface area contributed by atoms with Gasteiger partial charge in [0.15, 0.2) is 0 Å². The van der Waals surface area contributed by atoms with E-state index in [1.54, 1.807) is 0 Å². The van der Waals surface area contributed by atoms with E-state index in [2.05, 4.69) is 21.8 Å². The number of imidazole rings is 1. The highest BCUT2D eigenvalue weighted by Gasteiger charge is 2.33. The van der Waals surface area contributed by atoms with Gasteiger partial charge in [0.1, 0.15) is 5.60 Å². The Kier molecular flexibility index (Phi) is 4.60. The molecule has 3 rings (SSSR count). The summed E-state index contributed by atoms with van der Waals surface area (Å²) in [6.45, 7) is 10.3. The molecule has 1 aromatic rings. The first kappa shape index (κ1) is 17.3. The second kappa shape index (κ2) is 6.39. The predicted molar refractivity (Wildman–Crippen MR) is 92.8 cm³/mol. The molecular weight excluding hydrogens is 304 g/mol. The Labute approximate surface area is 144 Å². The van der Waals surface area contributed by atoms with Crippen LogP contribution in [0.3, 0.4) is 0 Å². The maximum absolute atomic E-state index is 12.2. The van der Waals surface area contributed by atoms with Crippen molar-refractivity contribution in [3.8, 4) is 0 Å². The van der Waals surface area contributed by atoms with Crippen LogP contribution < -0.4 is 5.32 Å². The molecule has 0 unspecified atom stereocenters. The molecule has 2 aliphatic rings. The number of ether oxygens (including phenoxy) is 1. The smallest absolute Gasteiger partial charge is 0.410 e. The first-order valence-corrected chi connectivity index (χ1v) is 8.99. The SMILES string of the molecule is CC1(NCc2cncn2C2CC2)CCN(C(=O)OC(C)(C)C)CC1. The zero-order valence-corrected chi connectivity index (χ0v) is 15.3. The van der Waals surface area contributed by atoms with Crippen molar-refractivity contribution in [2.24, 2.45) is 0 Å². The Hall–Kier alpha value is -1.56. The number of aromatic nitrogens is 2. The van der Waals surface area contributed by atoms with Gasteiger partial charge in [-0.25, -0.2) is 9.78 Å². The fourth-order valence-electron chi connectivity index (χ4n) is 3.14. The lowest BCUT2D eigenvalue weighted by molar-refractivity contribution is 0.0156. The average molecular weight is 334 g/mol. The summed E-state index contributed by atoms with van der Waals surface area (Å²) in [4.78, 5) is 18.3. The van der Waals surface area contributed by atoms with Gasteiger partial charge in [0.2, 0.25) is 0 Å². The first-order chi connectivity index (χ1) is 11.3. The summed E-state index contributed by atoms with van der Waals surface area (Å²) in [6, 6.07) is 0.658. The molecule has 0 bridgehead atoms. The normalized spacial score (nSPS) is 20.9. The molecule has 1 amide bonds. The molecule has 0 aromatic carbocycles. The lowest BCUT2D eigenvalue weighted by atomic mass is 9.89. The Morgan fingerprint density at radius 3 is 2.62 bits per heavy atom. The van der Waals surface area contributed by atoms with E-state index in [1.807, 2.05) is 38.2 Å². The molecule has 1 N–H and O–H groups in total. The molecule has 0 spiro atoms. The number of piperidine rings is 1. The first-order valence-electron chi connectivity index (χ1n) is 8.99. The molecule has 0 atom stereocenters. The molecular formula is C18H30N4O2. The third kappa shape index (κ3) is 4.29. The van der Waals surface area contributed by atoms with Crippen LogP contribution in [-0.2, 0) is 11.3 Å². The monoisotopic (exact) mass is 334 g/mol. The van der Waals surface area contributed by atoms with E-state index in [1.165, 1.54) is 18.5 Å². The number of rotatable bonds is 4. The molecule has 1 saturated heterocycles. The summed E-state index contributed by atoms with van der Waals surface area (Å²) in [5.74, 6) is 0. The molecule has 2 fully saturated rings. The fourth-order valence-corrected chi connectivity index (χ4v) is 3.14. The van der Waals surface area contributed by atoms with E-state index >= 15 is 0 Å². The van der Waals surface area contributed by atoms with Crippen LogP contribution in [0.1, 0.15) is 65.1 Å². The minimum atomic E-state index is -0.433. The summed E-state index contributed by atoms with van der Waals surface area (Å²) < 4.78 is 7.77. The third-order valence-electron chi connectivity index (χ3n) is 4.90. The second-order valence-electron chi connectivity index (χ2n) is 8.41. The van der Waals surface area contributed by atoms with E-state index < -0.39 is 5.60 Å². The average Bonchev–Trinajstić information content (AvgIpc) is 3.22. The van der Waals surface area contributed by atoms with Crippen molar-refractivity contribution in [1.82, 2.24) is 19.8 Å². The minimum absolute atomic E-state index is 0.0527. The van der Waals surface area contributed by atoms with Crippen LogP contribution in [0, 0.1) is 0 Å². The lowest BCUT2D eigenvalue weighted by Gasteiger charge is -2.40. The summed E-state index contributed by atoms with van der Waals surface area (Å²) in [5.41, 5.74) is 0.877. The number of amides is 1. The molecule has 1 saturated carbocycles. The van der Waals surface area contributed by atoms with Gasteiger partial charge >= 0.3 is 6.09 Å². The second-order valence-corrected chi connectivity index (χ2v) is 8.41. The molecule has 2 heterocycles. The molecule has 24 heavy (non-hydrogen) atoms. The summed E-state index contributed by atoms with van der Waals surface area (Å²) >= 11 is 0. The molecule has 1 aromatic heterocycles. The summed E-state index contributed by atoms with van der Waals surface area (Å²) in [5, 5.41) is 3.69. The van der Waals surface area contributed by atoms with Gasteiger partial charge in [-0.1, -0.05) is 0 Å². The van der Waals surface area contributed by atoms with Crippen molar-refractivity contribution in [3.63, 3.8) is 0 Å². The van der Waals surface area contributed by atoms with Crippen molar-refractivity contribution in [1.29, 1.82) is 0 Å². The van der Waals surface area contributed by atoms with Crippen LogP contribution >= 0.6 is 0 Å². The van der Waals surface area contributed by atoms with Gasteiger partial charge in [0, 0.05) is 37.4 Å². The van der Waals surface area contributed by atoms with Crippen molar-refractivity contribution >= 4 is 6.09 Å². The zero-order valence-electron chi connectivity index (χ0n) is 15.3. The van der Waals surface area contributed by atoms with Gasteiger partial charge in [-0.15, -0.1) is 0 Å². The van der Waals surface area contributed by atoms with Gasteiger partial charge in [-0.2, -0.15) is 0 Å². The van der Waals surface area contributed by atoms with Crippen LogP contribution in [0.25, 0.3) is 0 Å². The van der Waals surface area contributed by atoms with Gasteiger partial charge in [-0.3, -0.25) is 0 Å². The molecule has 6 nitrogen and oxygen atoms in total. The molecule has 134 valence electrons. The minimum Gasteiger partial charge on any atom is -0.444 e. The van der Waals surface area contributed by atoms with Crippen LogP contribution in [-0.4, -0.2) is 44.8 Å². The Morgan fingerprint density at radius 1 is 1.38 bits per heavy atom. The predicted octanol–water partition coefficient (Wildman–Crippen LogP) is 3.10. The van der Waals surface area contributed by atoms with Crippen LogP contribution in [0.4, 0.5) is 4.79 Å². The third-order valence-corrected chi connectivity index (χ3v) is 4.90. The largest absolute Gasteiger partial charge is 0.444 e. The Morgan fingerprint density at radius 2 is 2.04 bits per heavy atom. The van der Waals surface area contributed by atoms with Crippen molar-refractivity contribution in [2.75, 3.05) is 13.1 Å². The van der Waals surface area contributed by atoms with Crippen LogP contribution in [0.5, 0.6) is 0 Å². The zero-order chi connectivity index (χ0) is 17.4. The summed E-state index contributed by atoms with van der Waals surface area (Å²) in [6.07, 6.45) is 8.12. The lowest BCUT2D eigenvalue weighted by Crippen LogP contribution is -2.53. The number of hydrogen-bond donors (Lipinski definition) is 1. The van der Waals surface area contributed by atoms with Crippen molar-refractivity contribution in [2.45, 2.75) is 77.1 Å². The number of carbonyl (C=O) groups excluding carboxylic acids is 1. The highest BCUT2D eigenvalue weighted by molar-refractivity contribution is 5.68. The van der Waals surface area contributed by atoms with E-state index in [9.17, 15) is 4.79 Å². The number of likely N-dealkylation sites (tertiary alicyclic amines) is 1. The maximum Gasteiger partial charge on any atom is 0.410 e. The van der Waals surface area contributed by atoms with Crippen LogP contribution in [0.15, 0.2) is 12.5 Å². The number of hydrogen-bond acceptors (Lipinski definition) is 4. The molecule has 1 aliphatic heterocycles. The van der Waals surface area contributed by atoms with Gasteiger partial charge < -0.3 is 19.5 Å². The van der Waals surface area contributed by atoms with E-state index in [-0.39, 0.29) is 11.6 Å². The Bertz CT molecular complexity index is 578. The fraction of sp³-hybridized carbons (Fsp3) is 0.778. The number of nitrogens with one attached hydrogen (secondary N) is 1. The highest BCUT2D eigenvalue weighted by Crippen LogP contribution is 2.35. The molecule has 6 heteroatoms. The molecule has 0 radical (unpaired) electrons. The van der Waals surface area contributed by atoms with Gasteiger partial charge in [-0.05, 0) is 53.4 Å². The standard InChI is InChI=1S/C18H30N4O2/c1-17(2,3)24-16(23)21-9-7-18(4,8-10-21)20-12-15-11-19-13-22(15)14-5-6-14/h11,13-14,20H,5-10,12H2,1-4H3. The Balaban J connectivity index is 1.49. The maximum atomic E-state index is 12.2. The van der Waals surface area contributed by atoms with Crippen molar-refractivity contribution in [3.05, 3.63) is 18.2 Å². The quantitative estimate of drug-likeness (QED) is 0.919. The van der Waals surface area contributed by atoms with E-state index in [4.69, 9.17) is 4.74 Å². The van der Waals surface area contributed by atoms with Gasteiger partial charge in [0.05, 0.1) is 12.0 Å². The van der Waals surface area contributed by atoms with E-state index in [0.717, 1.165) is 32.5 Å². The van der Waals surface area contributed by atoms with Gasteiger partial charge in [0.25, 0.3) is 0 Å². The van der Waals surface area contributed by atoms with Crippen molar-refractivity contribution < 1.29 is 9.53 Å². The topological polar surface area (TPSA) is 59.4 Å². The van der Waals surface area contributed by atoms with E-state index in [0.29, 0.717) is 6.04 Å². The number of nitrogens with zero attached hydrogens (tertiary/aromatic N) is 3.